The fourth-order valence-corrected chi connectivity index (χ4v) is 1.70. The monoisotopic (exact) mass is 249 g/mol. The first-order valence-corrected chi connectivity index (χ1v) is 5.87. The standard InChI is InChI=1S/C11H19N7/c1-7-9(8(2)15-14-7)5-12-6-10-13-11(17-16-10)18(3)4/h12H,5-6H2,1-4H3,(H,14,15)(H,13,16,17). The number of anilines is 1. The summed E-state index contributed by atoms with van der Waals surface area (Å²) in [6.07, 6.45) is 0. The lowest BCUT2D eigenvalue weighted by molar-refractivity contribution is 0.660. The first-order chi connectivity index (χ1) is 8.58. The average Bonchev–Trinajstić information content (AvgIpc) is 2.90. The van der Waals surface area contributed by atoms with Crippen LogP contribution in [0.5, 0.6) is 0 Å². The molecule has 7 heteroatoms. The molecule has 0 radical (unpaired) electrons. The second kappa shape index (κ2) is 5.18. The maximum absolute atomic E-state index is 4.35. The minimum Gasteiger partial charge on any atom is -0.346 e. The molecule has 2 rings (SSSR count). The van der Waals surface area contributed by atoms with Crippen molar-refractivity contribution >= 4 is 5.95 Å². The molecule has 0 fully saturated rings. The normalized spacial score (nSPS) is 10.9. The second-order valence-corrected chi connectivity index (χ2v) is 4.49. The molecular formula is C11H19N7. The van der Waals surface area contributed by atoms with E-state index < -0.39 is 0 Å². The van der Waals surface area contributed by atoms with E-state index >= 15 is 0 Å². The van der Waals surface area contributed by atoms with Crippen LogP contribution in [-0.2, 0) is 13.1 Å². The molecule has 0 atom stereocenters. The second-order valence-electron chi connectivity index (χ2n) is 4.49. The van der Waals surface area contributed by atoms with Crippen LogP contribution in [-0.4, -0.2) is 39.5 Å². The van der Waals surface area contributed by atoms with E-state index in [4.69, 9.17) is 0 Å². The Hall–Kier alpha value is -1.89. The van der Waals surface area contributed by atoms with Crippen molar-refractivity contribution in [3.8, 4) is 0 Å². The molecule has 18 heavy (non-hydrogen) atoms. The number of H-pyrrole nitrogens is 2. The third-order valence-electron chi connectivity index (χ3n) is 2.79. The molecule has 2 heterocycles. The van der Waals surface area contributed by atoms with Gasteiger partial charge in [0.05, 0.1) is 12.2 Å². The molecule has 0 spiro atoms. The Morgan fingerprint density at radius 1 is 1.11 bits per heavy atom. The van der Waals surface area contributed by atoms with Gasteiger partial charge < -0.3 is 10.2 Å². The lowest BCUT2D eigenvalue weighted by Gasteiger charge is -2.04. The van der Waals surface area contributed by atoms with Crippen molar-refractivity contribution in [3.05, 3.63) is 22.8 Å². The average molecular weight is 249 g/mol. The third kappa shape index (κ3) is 2.67. The fourth-order valence-electron chi connectivity index (χ4n) is 1.70. The van der Waals surface area contributed by atoms with Crippen LogP contribution in [0.4, 0.5) is 5.95 Å². The van der Waals surface area contributed by atoms with Gasteiger partial charge in [-0.15, -0.1) is 5.10 Å². The summed E-state index contributed by atoms with van der Waals surface area (Å²) in [5, 5.41) is 17.5. The summed E-state index contributed by atoms with van der Waals surface area (Å²) in [7, 11) is 3.83. The predicted octanol–water partition coefficient (Wildman–Crippen LogP) is 0.500. The highest BCUT2D eigenvalue weighted by molar-refractivity contribution is 5.25. The van der Waals surface area contributed by atoms with Gasteiger partial charge >= 0.3 is 0 Å². The molecule has 7 nitrogen and oxygen atoms in total. The quantitative estimate of drug-likeness (QED) is 0.718. The Balaban J connectivity index is 1.88. The molecule has 0 unspecified atom stereocenters. The van der Waals surface area contributed by atoms with Crippen molar-refractivity contribution in [1.29, 1.82) is 0 Å². The van der Waals surface area contributed by atoms with Gasteiger partial charge in [0.25, 0.3) is 0 Å². The summed E-state index contributed by atoms with van der Waals surface area (Å²) < 4.78 is 0. The minimum atomic E-state index is 0.658. The Morgan fingerprint density at radius 2 is 1.89 bits per heavy atom. The van der Waals surface area contributed by atoms with Crippen molar-refractivity contribution in [2.24, 2.45) is 0 Å². The van der Waals surface area contributed by atoms with Gasteiger partial charge in [-0.05, 0) is 13.8 Å². The van der Waals surface area contributed by atoms with E-state index in [0.29, 0.717) is 12.5 Å². The van der Waals surface area contributed by atoms with E-state index in [2.05, 4.69) is 30.7 Å². The Bertz CT molecular complexity index is 492. The van der Waals surface area contributed by atoms with Gasteiger partial charge in [-0.25, -0.2) is 0 Å². The van der Waals surface area contributed by atoms with E-state index in [0.717, 1.165) is 23.8 Å². The molecule has 3 N–H and O–H groups in total. The molecule has 0 bridgehead atoms. The molecule has 0 aromatic carbocycles. The molecule has 2 aromatic rings. The van der Waals surface area contributed by atoms with Crippen LogP contribution < -0.4 is 10.2 Å². The minimum absolute atomic E-state index is 0.658. The van der Waals surface area contributed by atoms with E-state index in [1.807, 2.05) is 32.8 Å². The Kier molecular flexibility index (Phi) is 3.61. The number of nitrogens with one attached hydrogen (secondary N) is 3. The summed E-state index contributed by atoms with van der Waals surface area (Å²) >= 11 is 0. The highest BCUT2D eigenvalue weighted by atomic mass is 15.3. The zero-order valence-electron chi connectivity index (χ0n) is 11.2. The van der Waals surface area contributed by atoms with Crippen molar-refractivity contribution in [2.75, 3.05) is 19.0 Å². The summed E-state index contributed by atoms with van der Waals surface area (Å²) in [4.78, 5) is 6.21. The van der Waals surface area contributed by atoms with E-state index in [1.165, 1.54) is 5.56 Å². The summed E-state index contributed by atoms with van der Waals surface area (Å²) in [6.45, 7) is 5.45. The molecule has 0 saturated carbocycles. The first-order valence-electron chi connectivity index (χ1n) is 5.87. The van der Waals surface area contributed by atoms with Crippen LogP contribution in [0.15, 0.2) is 0 Å². The van der Waals surface area contributed by atoms with Crippen molar-refractivity contribution < 1.29 is 0 Å². The van der Waals surface area contributed by atoms with Gasteiger partial charge in [0.2, 0.25) is 5.95 Å². The SMILES string of the molecule is Cc1n[nH]c(C)c1CNCc1nc(N(C)C)n[nH]1. The van der Waals surface area contributed by atoms with Gasteiger partial charge in [-0.3, -0.25) is 10.2 Å². The van der Waals surface area contributed by atoms with E-state index in [-0.39, 0.29) is 0 Å². The number of aryl methyl sites for hydroxylation is 2. The third-order valence-corrected chi connectivity index (χ3v) is 2.79. The summed E-state index contributed by atoms with van der Waals surface area (Å²) in [6, 6.07) is 0. The van der Waals surface area contributed by atoms with Crippen molar-refractivity contribution in [1.82, 2.24) is 30.7 Å². The molecule has 98 valence electrons. The molecule has 2 aromatic heterocycles. The first kappa shape index (κ1) is 12.6. The zero-order valence-corrected chi connectivity index (χ0v) is 11.2. The van der Waals surface area contributed by atoms with Gasteiger partial charge in [0, 0.05) is 31.9 Å². The number of nitrogens with zero attached hydrogens (tertiary/aromatic N) is 4. The maximum atomic E-state index is 4.35. The van der Waals surface area contributed by atoms with Crippen LogP contribution in [0.2, 0.25) is 0 Å². The van der Waals surface area contributed by atoms with Crippen LogP contribution in [0.25, 0.3) is 0 Å². The van der Waals surface area contributed by atoms with E-state index in [9.17, 15) is 0 Å². The predicted molar refractivity (Wildman–Crippen MR) is 69.3 cm³/mol. The van der Waals surface area contributed by atoms with E-state index in [1.54, 1.807) is 0 Å². The Morgan fingerprint density at radius 3 is 2.44 bits per heavy atom. The van der Waals surface area contributed by atoms with Gasteiger partial charge in [0.1, 0.15) is 5.82 Å². The van der Waals surface area contributed by atoms with Crippen molar-refractivity contribution in [3.63, 3.8) is 0 Å². The van der Waals surface area contributed by atoms with Gasteiger partial charge in [-0.1, -0.05) is 0 Å². The van der Waals surface area contributed by atoms with Crippen LogP contribution in [0.1, 0.15) is 22.8 Å². The topological polar surface area (TPSA) is 85.5 Å². The summed E-state index contributed by atoms with van der Waals surface area (Å²) in [5.74, 6) is 1.53. The van der Waals surface area contributed by atoms with Crippen LogP contribution in [0, 0.1) is 13.8 Å². The highest BCUT2D eigenvalue weighted by Crippen LogP contribution is 2.08. The smallest absolute Gasteiger partial charge is 0.244 e. The number of hydrogen-bond donors (Lipinski definition) is 3. The molecule has 0 aliphatic heterocycles. The fraction of sp³-hybridized carbons (Fsp3) is 0.545. The number of aromatic amines is 2. The lowest BCUT2D eigenvalue weighted by atomic mass is 10.2. The van der Waals surface area contributed by atoms with Gasteiger partial charge in [0.15, 0.2) is 0 Å². The van der Waals surface area contributed by atoms with Gasteiger partial charge in [-0.2, -0.15) is 10.1 Å². The molecule has 0 aliphatic carbocycles. The molecule has 0 saturated heterocycles. The van der Waals surface area contributed by atoms with Crippen molar-refractivity contribution in [2.45, 2.75) is 26.9 Å². The van der Waals surface area contributed by atoms with Crippen LogP contribution in [0.3, 0.4) is 0 Å². The highest BCUT2D eigenvalue weighted by Gasteiger charge is 2.07. The molecule has 0 aliphatic rings. The number of hydrogen-bond acceptors (Lipinski definition) is 5. The summed E-state index contributed by atoms with van der Waals surface area (Å²) in [5.41, 5.74) is 3.35. The molecular weight excluding hydrogens is 230 g/mol. The number of rotatable bonds is 5. The zero-order chi connectivity index (χ0) is 13.1. The maximum Gasteiger partial charge on any atom is 0.244 e. The number of aromatic nitrogens is 5. The largest absolute Gasteiger partial charge is 0.346 e. The van der Waals surface area contributed by atoms with Crippen LogP contribution >= 0.6 is 0 Å². The Labute approximate surface area is 106 Å². The molecule has 0 amide bonds. The lowest BCUT2D eigenvalue weighted by Crippen LogP contribution is -2.15.